The second-order valence-electron chi connectivity index (χ2n) is 4.37. The van der Waals surface area contributed by atoms with Gasteiger partial charge in [-0.3, -0.25) is 9.59 Å². The van der Waals surface area contributed by atoms with Gasteiger partial charge in [-0.15, -0.1) is 11.3 Å². The average molecular weight is 288 g/mol. The molecule has 0 aliphatic carbocycles. The number of rotatable bonds is 4. The van der Waals surface area contributed by atoms with Crippen LogP contribution in [0, 0.1) is 6.92 Å². The molecule has 1 aromatic heterocycles. The van der Waals surface area contributed by atoms with Gasteiger partial charge in [0.05, 0.1) is 5.56 Å². The van der Waals surface area contributed by atoms with Crippen molar-refractivity contribution in [3.05, 3.63) is 40.8 Å². The summed E-state index contributed by atoms with van der Waals surface area (Å²) in [5.74, 6) is -0.659. The molecule has 3 N–H and O–H groups in total. The molecule has 0 atom stereocenters. The van der Waals surface area contributed by atoms with E-state index in [9.17, 15) is 9.59 Å². The molecule has 104 valence electrons. The van der Waals surface area contributed by atoms with Crippen molar-refractivity contribution >= 4 is 28.2 Å². The molecule has 4 nitrogen and oxygen atoms in total. The molecular formula is C15H16N2O2S. The predicted molar refractivity (Wildman–Crippen MR) is 81.9 cm³/mol. The maximum atomic E-state index is 11.8. The summed E-state index contributed by atoms with van der Waals surface area (Å²) in [6.45, 7) is 3.68. The summed E-state index contributed by atoms with van der Waals surface area (Å²) in [7, 11) is 0. The summed E-state index contributed by atoms with van der Waals surface area (Å²) in [6, 6.07) is 9.57. The van der Waals surface area contributed by atoms with Gasteiger partial charge >= 0.3 is 0 Å². The molecule has 1 aromatic carbocycles. The Morgan fingerprint density at radius 2 is 1.90 bits per heavy atom. The van der Waals surface area contributed by atoms with Gasteiger partial charge in [-0.1, -0.05) is 37.3 Å². The van der Waals surface area contributed by atoms with Crippen LogP contribution >= 0.6 is 11.3 Å². The van der Waals surface area contributed by atoms with Crippen LogP contribution in [-0.2, 0) is 4.79 Å². The first-order chi connectivity index (χ1) is 9.54. The number of thiophene rings is 1. The molecule has 0 saturated carbocycles. The van der Waals surface area contributed by atoms with Gasteiger partial charge in [-0.05, 0) is 12.5 Å². The number of hydrogen-bond acceptors (Lipinski definition) is 3. The molecule has 0 saturated heterocycles. The standard InChI is InChI=1S/C15H16N2O2S/c1-3-11(18)17-15-13(14(16)19)12(9(2)20-15)10-7-5-4-6-8-10/h4-8H,3H2,1-2H3,(H2,16,19)(H,17,18). The normalized spacial score (nSPS) is 10.3. The lowest BCUT2D eigenvalue weighted by atomic mass is 10.0. The molecule has 0 aliphatic heterocycles. The molecular weight excluding hydrogens is 272 g/mol. The van der Waals surface area contributed by atoms with E-state index < -0.39 is 5.91 Å². The van der Waals surface area contributed by atoms with E-state index in [1.54, 1.807) is 6.92 Å². The van der Waals surface area contributed by atoms with Gasteiger partial charge in [0.15, 0.2) is 0 Å². The van der Waals surface area contributed by atoms with Crippen LogP contribution in [0.1, 0.15) is 28.6 Å². The summed E-state index contributed by atoms with van der Waals surface area (Å²) < 4.78 is 0. The van der Waals surface area contributed by atoms with Crippen LogP contribution in [0.25, 0.3) is 11.1 Å². The van der Waals surface area contributed by atoms with Gasteiger partial charge in [0.1, 0.15) is 5.00 Å². The summed E-state index contributed by atoms with van der Waals surface area (Å²) in [6.07, 6.45) is 0.357. The van der Waals surface area contributed by atoms with Gasteiger partial charge in [0.2, 0.25) is 5.91 Å². The van der Waals surface area contributed by atoms with Crippen LogP contribution in [0.5, 0.6) is 0 Å². The largest absolute Gasteiger partial charge is 0.365 e. The van der Waals surface area contributed by atoms with Crippen LogP contribution in [0.2, 0.25) is 0 Å². The monoisotopic (exact) mass is 288 g/mol. The molecule has 2 aromatic rings. The van der Waals surface area contributed by atoms with Crippen molar-refractivity contribution in [1.82, 2.24) is 0 Å². The quantitative estimate of drug-likeness (QED) is 0.907. The number of benzene rings is 1. The van der Waals surface area contributed by atoms with E-state index in [1.807, 2.05) is 37.3 Å². The number of nitrogens with two attached hydrogens (primary N) is 1. The summed E-state index contributed by atoms with van der Waals surface area (Å²) in [5, 5.41) is 3.28. The maximum Gasteiger partial charge on any atom is 0.252 e. The Hall–Kier alpha value is -2.14. The van der Waals surface area contributed by atoms with Crippen molar-refractivity contribution < 1.29 is 9.59 Å². The number of nitrogens with one attached hydrogen (secondary N) is 1. The molecule has 0 bridgehead atoms. The zero-order valence-electron chi connectivity index (χ0n) is 11.4. The fraction of sp³-hybridized carbons (Fsp3) is 0.200. The Balaban J connectivity index is 2.57. The second kappa shape index (κ2) is 5.88. The number of hydrogen-bond donors (Lipinski definition) is 2. The number of carbonyl (C=O) groups excluding carboxylic acids is 2. The average Bonchev–Trinajstić information content (AvgIpc) is 2.76. The lowest BCUT2D eigenvalue weighted by Gasteiger charge is -2.06. The summed E-state index contributed by atoms with van der Waals surface area (Å²) in [4.78, 5) is 24.3. The van der Waals surface area contributed by atoms with Gasteiger partial charge in [-0.2, -0.15) is 0 Å². The number of amides is 2. The fourth-order valence-corrected chi connectivity index (χ4v) is 3.13. The third-order valence-electron chi connectivity index (χ3n) is 2.97. The SMILES string of the molecule is CCC(=O)Nc1sc(C)c(-c2ccccc2)c1C(N)=O. The molecule has 0 radical (unpaired) electrons. The minimum Gasteiger partial charge on any atom is -0.365 e. The highest BCUT2D eigenvalue weighted by molar-refractivity contribution is 7.17. The molecule has 2 rings (SSSR count). The second-order valence-corrected chi connectivity index (χ2v) is 5.59. The maximum absolute atomic E-state index is 11.8. The third kappa shape index (κ3) is 2.72. The molecule has 2 amide bonds. The van der Waals surface area contributed by atoms with Gasteiger partial charge in [0, 0.05) is 16.9 Å². The van der Waals surface area contributed by atoms with Crippen molar-refractivity contribution in [3.8, 4) is 11.1 Å². The highest BCUT2D eigenvalue weighted by Gasteiger charge is 2.22. The van der Waals surface area contributed by atoms with E-state index in [1.165, 1.54) is 11.3 Å². The Kier molecular flexibility index (Phi) is 4.20. The van der Waals surface area contributed by atoms with Crippen LogP contribution in [0.4, 0.5) is 5.00 Å². The molecule has 5 heteroatoms. The highest BCUT2D eigenvalue weighted by Crippen LogP contribution is 2.39. The van der Waals surface area contributed by atoms with E-state index in [4.69, 9.17) is 5.73 Å². The Morgan fingerprint density at radius 1 is 1.25 bits per heavy atom. The predicted octanol–water partition coefficient (Wildman–Crippen LogP) is 3.17. The number of primary amides is 1. The van der Waals surface area contributed by atoms with Crippen LogP contribution in [-0.4, -0.2) is 11.8 Å². The molecule has 0 fully saturated rings. The topological polar surface area (TPSA) is 72.2 Å². The third-order valence-corrected chi connectivity index (χ3v) is 3.99. The zero-order valence-corrected chi connectivity index (χ0v) is 12.2. The summed E-state index contributed by atoms with van der Waals surface area (Å²) in [5.41, 5.74) is 7.61. The van der Waals surface area contributed by atoms with Crippen LogP contribution in [0.3, 0.4) is 0 Å². The first-order valence-electron chi connectivity index (χ1n) is 6.33. The molecule has 0 aliphatic rings. The lowest BCUT2D eigenvalue weighted by Crippen LogP contribution is -2.16. The zero-order chi connectivity index (χ0) is 14.7. The minimum atomic E-state index is -0.528. The van der Waals surface area contributed by atoms with Gasteiger partial charge in [-0.25, -0.2) is 0 Å². The number of aryl methyl sites for hydroxylation is 1. The van der Waals surface area contributed by atoms with Gasteiger partial charge < -0.3 is 11.1 Å². The van der Waals surface area contributed by atoms with E-state index in [-0.39, 0.29) is 5.91 Å². The van der Waals surface area contributed by atoms with Crippen molar-refractivity contribution in [1.29, 1.82) is 0 Å². The van der Waals surface area contributed by atoms with Gasteiger partial charge in [0.25, 0.3) is 5.91 Å². The molecule has 0 unspecified atom stereocenters. The van der Waals surface area contributed by atoms with Crippen molar-refractivity contribution in [3.63, 3.8) is 0 Å². The fourth-order valence-electron chi connectivity index (χ4n) is 2.04. The molecule has 0 spiro atoms. The van der Waals surface area contributed by atoms with E-state index >= 15 is 0 Å². The van der Waals surface area contributed by atoms with Crippen molar-refractivity contribution in [2.75, 3.05) is 5.32 Å². The van der Waals surface area contributed by atoms with Crippen molar-refractivity contribution in [2.45, 2.75) is 20.3 Å². The molecule has 20 heavy (non-hydrogen) atoms. The van der Waals surface area contributed by atoms with Crippen LogP contribution < -0.4 is 11.1 Å². The highest BCUT2D eigenvalue weighted by atomic mass is 32.1. The van der Waals surface area contributed by atoms with E-state index in [2.05, 4.69) is 5.32 Å². The first-order valence-corrected chi connectivity index (χ1v) is 7.14. The Morgan fingerprint density at radius 3 is 2.45 bits per heavy atom. The Labute approximate surface area is 121 Å². The van der Waals surface area contributed by atoms with E-state index in [0.717, 1.165) is 16.0 Å². The summed E-state index contributed by atoms with van der Waals surface area (Å²) >= 11 is 1.38. The minimum absolute atomic E-state index is 0.131. The smallest absolute Gasteiger partial charge is 0.252 e. The van der Waals surface area contributed by atoms with Crippen molar-refractivity contribution in [2.24, 2.45) is 5.73 Å². The lowest BCUT2D eigenvalue weighted by molar-refractivity contribution is -0.115. The first kappa shape index (κ1) is 14.3. The molecule has 1 heterocycles. The van der Waals surface area contributed by atoms with E-state index in [0.29, 0.717) is 17.0 Å². The Bertz CT molecular complexity index is 647. The number of carbonyl (C=O) groups is 2. The number of anilines is 1. The van der Waals surface area contributed by atoms with Crippen LogP contribution in [0.15, 0.2) is 30.3 Å².